The Bertz CT molecular complexity index is 604. The molecule has 0 unspecified atom stereocenters. The minimum absolute atomic E-state index is 0.158. The van der Waals surface area contributed by atoms with E-state index >= 15 is 0 Å². The van der Waals surface area contributed by atoms with E-state index in [0.29, 0.717) is 11.9 Å². The zero-order chi connectivity index (χ0) is 16.1. The van der Waals surface area contributed by atoms with Crippen LogP contribution >= 0.6 is 0 Å². The Balaban J connectivity index is 1.54. The molecule has 0 aromatic heterocycles. The SMILES string of the molecule is COc1ccc(CC[C@@H]2CCC[C@@H](c3ccc(O)cc3)O2)cc1. The van der Waals surface area contributed by atoms with Gasteiger partial charge in [-0.25, -0.2) is 0 Å². The fourth-order valence-corrected chi connectivity index (χ4v) is 3.17. The molecule has 2 atom stereocenters. The van der Waals surface area contributed by atoms with Crippen LogP contribution in [0.25, 0.3) is 0 Å². The molecule has 1 heterocycles. The van der Waals surface area contributed by atoms with Gasteiger partial charge < -0.3 is 14.6 Å². The largest absolute Gasteiger partial charge is 0.508 e. The maximum Gasteiger partial charge on any atom is 0.118 e. The smallest absolute Gasteiger partial charge is 0.118 e. The van der Waals surface area contributed by atoms with Gasteiger partial charge in [-0.1, -0.05) is 24.3 Å². The van der Waals surface area contributed by atoms with Gasteiger partial charge in [0.2, 0.25) is 0 Å². The summed E-state index contributed by atoms with van der Waals surface area (Å²) in [5.74, 6) is 1.20. The van der Waals surface area contributed by atoms with Crippen molar-refractivity contribution in [3.63, 3.8) is 0 Å². The molecule has 0 bridgehead atoms. The van der Waals surface area contributed by atoms with Crippen LogP contribution in [0.2, 0.25) is 0 Å². The molecule has 1 saturated heterocycles. The summed E-state index contributed by atoms with van der Waals surface area (Å²) in [4.78, 5) is 0. The molecule has 2 aromatic rings. The normalized spacial score (nSPS) is 21.1. The van der Waals surface area contributed by atoms with E-state index in [0.717, 1.165) is 37.0 Å². The number of methoxy groups -OCH3 is 1. The number of phenols is 1. The summed E-state index contributed by atoms with van der Waals surface area (Å²) in [7, 11) is 1.69. The molecule has 0 amide bonds. The minimum atomic E-state index is 0.158. The standard InChI is InChI=1S/C20H24O3/c1-22-18-12-5-15(6-13-18)7-14-19-3-2-4-20(23-19)16-8-10-17(21)11-9-16/h5-6,8-13,19-21H,2-4,7,14H2,1H3/t19-,20-/m0/s1. The molecular weight excluding hydrogens is 288 g/mol. The first kappa shape index (κ1) is 15.9. The summed E-state index contributed by atoms with van der Waals surface area (Å²) in [6.45, 7) is 0. The Kier molecular flexibility index (Phi) is 5.19. The van der Waals surface area contributed by atoms with E-state index in [1.54, 1.807) is 19.2 Å². The van der Waals surface area contributed by atoms with Crippen molar-refractivity contribution in [2.45, 2.75) is 44.3 Å². The molecule has 2 aromatic carbocycles. The van der Waals surface area contributed by atoms with Crippen LogP contribution in [0.4, 0.5) is 0 Å². The van der Waals surface area contributed by atoms with Gasteiger partial charge in [0, 0.05) is 0 Å². The molecule has 0 spiro atoms. The first-order valence-electron chi connectivity index (χ1n) is 8.32. The Hall–Kier alpha value is -2.00. The first-order chi connectivity index (χ1) is 11.2. The van der Waals surface area contributed by atoms with E-state index in [4.69, 9.17) is 9.47 Å². The van der Waals surface area contributed by atoms with Gasteiger partial charge in [-0.2, -0.15) is 0 Å². The zero-order valence-corrected chi connectivity index (χ0v) is 13.6. The van der Waals surface area contributed by atoms with E-state index in [1.807, 2.05) is 24.3 Å². The zero-order valence-electron chi connectivity index (χ0n) is 13.6. The molecular formula is C20H24O3. The number of rotatable bonds is 5. The maximum absolute atomic E-state index is 9.40. The Morgan fingerprint density at radius 3 is 2.48 bits per heavy atom. The van der Waals surface area contributed by atoms with Crippen molar-refractivity contribution in [2.75, 3.05) is 7.11 Å². The molecule has 1 aliphatic rings. The molecule has 0 saturated carbocycles. The van der Waals surface area contributed by atoms with Gasteiger partial charge in [0.15, 0.2) is 0 Å². The van der Waals surface area contributed by atoms with Crippen LogP contribution in [-0.4, -0.2) is 18.3 Å². The predicted molar refractivity (Wildman–Crippen MR) is 90.9 cm³/mol. The summed E-state index contributed by atoms with van der Waals surface area (Å²) in [6.07, 6.45) is 5.92. The number of phenolic OH excluding ortho intramolecular Hbond substituents is 1. The average Bonchev–Trinajstić information content (AvgIpc) is 2.61. The van der Waals surface area contributed by atoms with E-state index in [9.17, 15) is 5.11 Å². The predicted octanol–water partition coefficient (Wildman–Crippen LogP) is 4.64. The summed E-state index contributed by atoms with van der Waals surface area (Å²) < 4.78 is 11.5. The number of hydrogen-bond acceptors (Lipinski definition) is 3. The second kappa shape index (κ2) is 7.51. The van der Waals surface area contributed by atoms with Crippen LogP contribution in [0.5, 0.6) is 11.5 Å². The highest BCUT2D eigenvalue weighted by atomic mass is 16.5. The lowest BCUT2D eigenvalue weighted by atomic mass is 9.95. The number of aromatic hydroxyl groups is 1. The van der Waals surface area contributed by atoms with E-state index in [-0.39, 0.29) is 6.10 Å². The number of ether oxygens (including phenoxy) is 2. The molecule has 3 rings (SSSR count). The third kappa shape index (κ3) is 4.26. The van der Waals surface area contributed by atoms with Crippen molar-refractivity contribution in [1.29, 1.82) is 0 Å². The highest BCUT2D eigenvalue weighted by Crippen LogP contribution is 2.33. The highest BCUT2D eigenvalue weighted by molar-refractivity contribution is 5.28. The van der Waals surface area contributed by atoms with Crippen molar-refractivity contribution in [3.8, 4) is 11.5 Å². The first-order valence-corrected chi connectivity index (χ1v) is 8.32. The maximum atomic E-state index is 9.40. The van der Waals surface area contributed by atoms with Crippen molar-refractivity contribution < 1.29 is 14.6 Å². The van der Waals surface area contributed by atoms with Crippen LogP contribution < -0.4 is 4.74 Å². The second-order valence-electron chi connectivity index (χ2n) is 6.16. The summed E-state index contributed by atoms with van der Waals surface area (Å²) >= 11 is 0. The molecule has 1 N–H and O–H groups in total. The highest BCUT2D eigenvalue weighted by Gasteiger charge is 2.23. The van der Waals surface area contributed by atoms with Gasteiger partial charge in [0.1, 0.15) is 11.5 Å². The fraction of sp³-hybridized carbons (Fsp3) is 0.400. The molecule has 122 valence electrons. The van der Waals surface area contributed by atoms with Crippen molar-refractivity contribution >= 4 is 0 Å². The fourth-order valence-electron chi connectivity index (χ4n) is 3.17. The van der Waals surface area contributed by atoms with Gasteiger partial charge >= 0.3 is 0 Å². The molecule has 1 fully saturated rings. The average molecular weight is 312 g/mol. The lowest BCUT2D eigenvalue weighted by Gasteiger charge is -2.30. The van der Waals surface area contributed by atoms with Gasteiger partial charge in [-0.15, -0.1) is 0 Å². The third-order valence-corrected chi connectivity index (χ3v) is 4.53. The molecule has 0 aliphatic carbocycles. The quantitative estimate of drug-likeness (QED) is 0.874. The van der Waals surface area contributed by atoms with Crippen LogP contribution in [0, 0.1) is 0 Å². The van der Waals surface area contributed by atoms with Gasteiger partial charge in [-0.3, -0.25) is 0 Å². The Labute approximate surface area is 137 Å². The summed E-state index contributed by atoms with van der Waals surface area (Å²) in [5, 5.41) is 9.40. The topological polar surface area (TPSA) is 38.7 Å². The van der Waals surface area contributed by atoms with E-state index in [1.165, 1.54) is 12.0 Å². The molecule has 0 radical (unpaired) electrons. The van der Waals surface area contributed by atoms with Crippen molar-refractivity contribution in [3.05, 3.63) is 59.7 Å². The van der Waals surface area contributed by atoms with Gasteiger partial charge in [0.25, 0.3) is 0 Å². The Morgan fingerprint density at radius 2 is 1.78 bits per heavy atom. The van der Waals surface area contributed by atoms with Gasteiger partial charge in [0.05, 0.1) is 19.3 Å². The monoisotopic (exact) mass is 312 g/mol. The third-order valence-electron chi connectivity index (χ3n) is 4.53. The van der Waals surface area contributed by atoms with Crippen LogP contribution in [0.15, 0.2) is 48.5 Å². The van der Waals surface area contributed by atoms with Gasteiger partial charge in [-0.05, 0) is 67.5 Å². The second-order valence-corrected chi connectivity index (χ2v) is 6.16. The summed E-state index contributed by atoms with van der Waals surface area (Å²) in [6, 6.07) is 15.7. The number of hydrogen-bond donors (Lipinski definition) is 1. The van der Waals surface area contributed by atoms with Crippen molar-refractivity contribution in [2.24, 2.45) is 0 Å². The summed E-state index contributed by atoms with van der Waals surface area (Å²) in [5.41, 5.74) is 2.48. The number of aryl methyl sites for hydroxylation is 1. The van der Waals surface area contributed by atoms with E-state index < -0.39 is 0 Å². The molecule has 1 aliphatic heterocycles. The molecule has 23 heavy (non-hydrogen) atoms. The molecule has 3 heteroatoms. The number of benzene rings is 2. The minimum Gasteiger partial charge on any atom is -0.508 e. The lowest BCUT2D eigenvalue weighted by Crippen LogP contribution is -2.23. The van der Waals surface area contributed by atoms with Crippen molar-refractivity contribution in [1.82, 2.24) is 0 Å². The van der Waals surface area contributed by atoms with E-state index in [2.05, 4.69) is 12.1 Å². The van der Waals surface area contributed by atoms with Crippen LogP contribution in [-0.2, 0) is 11.2 Å². The van der Waals surface area contributed by atoms with Crippen LogP contribution in [0.3, 0.4) is 0 Å². The lowest BCUT2D eigenvalue weighted by molar-refractivity contribution is -0.0546. The molecule has 3 nitrogen and oxygen atoms in total. The Morgan fingerprint density at radius 1 is 1.04 bits per heavy atom. The van der Waals surface area contributed by atoms with Crippen LogP contribution in [0.1, 0.15) is 42.9 Å².